The maximum atomic E-state index is 4.52. The number of nitrogens with one attached hydrogen (secondary N) is 1. The monoisotopic (exact) mass is 192 g/mol. The van der Waals surface area contributed by atoms with Gasteiger partial charge in [-0.05, 0) is 12.8 Å². The first kappa shape index (κ1) is 9.24. The summed E-state index contributed by atoms with van der Waals surface area (Å²) in [6.07, 6.45) is 2.47. The molecule has 76 valence electrons. The molecule has 1 aliphatic carbocycles. The molecule has 1 heterocycles. The van der Waals surface area contributed by atoms with Crippen LogP contribution in [0.5, 0.6) is 0 Å². The SMILES string of the molecule is CNc1cc(N(C)C)nc(C2CC2)n1. The molecule has 2 rings (SSSR count). The van der Waals surface area contributed by atoms with Crippen LogP contribution in [0.15, 0.2) is 6.07 Å². The summed E-state index contributed by atoms with van der Waals surface area (Å²) in [4.78, 5) is 11.0. The van der Waals surface area contributed by atoms with Crippen LogP contribution in [-0.4, -0.2) is 31.1 Å². The highest BCUT2D eigenvalue weighted by atomic mass is 15.2. The van der Waals surface area contributed by atoms with E-state index < -0.39 is 0 Å². The molecule has 0 unspecified atom stereocenters. The molecule has 0 saturated heterocycles. The van der Waals surface area contributed by atoms with E-state index in [0.29, 0.717) is 5.92 Å². The lowest BCUT2D eigenvalue weighted by atomic mass is 10.3. The molecule has 0 radical (unpaired) electrons. The number of hydrogen-bond acceptors (Lipinski definition) is 4. The number of aromatic nitrogens is 2. The van der Waals surface area contributed by atoms with Crippen molar-refractivity contribution in [2.24, 2.45) is 0 Å². The molecule has 4 heteroatoms. The normalized spacial score (nSPS) is 15.4. The average Bonchev–Trinajstić information content (AvgIpc) is 3.00. The fourth-order valence-corrected chi connectivity index (χ4v) is 1.33. The van der Waals surface area contributed by atoms with Crippen LogP contribution >= 0.6 is 0 Å². The third-order valence-corrected chi connectivity index (χ3v) is 2.39. The van der Waals surface area contributed by atoms with Crippen LogP contribution in [0.1, 0.15) is 24.6 Å². The van der Waals surface area contributed by atoms with Crippen LogP contribution in [0.3, 0.4) is 0 Å². The van der Waals surface area contributed by atoms with Gasteiger partial charge in [0.1, 0.15) is 17.5 Å². The molecule has 1 fully saturated rings. The fraction of sp³-hybridized carbons (Fsp3) is 0.600. The maximum Gasteiger partial charge on any atom is 0.136 e. The molecule has 0 atom stereocenters. The van der Waals surface area contributed by atoms with E-state index in [2.05, 4.69) is 15.3 Å². The molecular weight excluding hydrogens is 176 g/mol. The molecule has 0 spiro atoms. The Bertz CT molecular complexity index is 311. The lowest BCUT2D eigenvalue weighted by Crippen LogP contribution is -2.13. The van der Waals surface area contributed by atoms with Crippen LogP contribution in [-0.2, 0) is 0 Å². The van der Waals surface area contributed by atoms with Crippen molar-refractivity contribution in [3.63, 3.8) is 0 Å². The first-order chi connectivity index (χ1) is 6.70. The molecule has 1 aliphatic rings. The predicted molar refractivity (Wildman–Crippen MR) is 57.9 cm³/mol. The van der Waals surface area contributed by atoms with Crippen LogP contribution in [0.25, 0.3) is 0 Å². The zero-order chi connectivity index (χ0) is 10.1. The van der Waals surface area contributed by atoms with Gasteiger partial charge in [0.25, 0.3) is 0 Å². The van der Waals surface area contributed by atoms with Crippen LogP contribution in [0.2, 0.25) is 0 Å². The van der Waals surface area contributed by atoms with E-state index in [1.165, 1.54) is 12.8 Å². The highest BCUT2D eigenvalue weighted by Gasteiger charge is 2.27. The van der Waals surface area contributed by atoms with Gasteiger partial charge in [-0.25, -0.2) is 9.97 Å². The number of rotatable bonds is 3. The standard InChI is InChI=1S/C10H16N4/c1-11-8-6-9(14(2)3)13-10(12-8)7-4-5-7/h6-7H,4-5H2,1-3H3,(H,11,12,13). The van der Waals surface area contributed by atoms with E-state index in [-0.39, 0.29) is 0 Å². The van der Waals surface area contributed by atoms with Crippen molar-refractivity contribution in [1.82, 2.24) is 9.97 Å². The predicted octanol–water partition coefficient (Wildman–Crippen LogP) is 1.46. The highest BCUT2D eigenvalue weighted by Crippen LogP contribution is 2.38. The second-order valence-corrected chi connectivity index (χ2v) is 3.89. The molecule has 0 aromatic carbocycles. The van der Waals surface area contributed by atoms with Gasteiger partial charge in [0.2, 0.25) is 0 Å². The van der Waals surface area contributed by atoms with Gasteiger partial charge in [0.05, 0.1) is 0 Å². The summed E-state index contributed by atoms with van der Waals surface area (Å²) < 4.78 is 0. The van der Waals surface area contributed by atoms with E-state index in [9.17, 15) is 0 Å². The maximum absolute atomic E-state index is 4.52. The van der Waals surface area contributed by atoms with Crippen molar-refractivity contribution in [3.05, 3.63) is 11.9 Å². The van der Waals surface area contributed by atoms with Crippen molar-refractivity contribution in [1.29, 1.82) is 0 Å². The summed E-state index contributed by atoms with van der Waals surface area (Å²) in [6, 6.07) is 1.96. The van der Waals surface area contributed by atoms with Gasteiger partial charge in [-0.1, -0.05) is 0 Å². The summed E-state index contributed by atoms with van der Waals surface area (Å²) in [7, 11) is 5.88. The van der Waals surface area contributed by atoms with Gasteiger partial charge in [-0.15, -0.1) is 0 Å². The first-order valence-electron chi connectivity index (χ1n) is 4.94. The third-order valence-electron chi connectivity index (χ3n) is 2.39. The number of hydrogen-bond donors (Lipinski definition) is 1. The van der Waals surface area contributed by atoms with Crippen molar-refractivity contribution >= 4 is 11.6 Å². The lowest BCUT2D eigenvalue weighted by molar-refractivity contribution is 0.908. The average molecular weight is 192 g/mol. The summed E-state index contributed by atoms with van der Waals surface area (Å²) in [6.45, 7) is 0. The Morgan fingerprint density at radius 1 is 1.36 bits per heavy atom. The van der Waals surface area contributed by atoms with Gasteiger partial charge in [0, 0.05) is 33.1 Å². The first-order valence-corrected chi connectivity index (χ1v) is 4.94. The van der Waals surface area contributed by atoms with E-state index in [1.54, 1.807) is 0 Å². The molecule has 1 saturated carbocycles. The number of nitrogens with zero attached hydrogens (tertiary/aromatic N) is 3. The molecule has 4 nitrogen and oxygen atoms in total. The quantitative estimate of drug-likeness (QED) is 0.787. The van der Waals surface area contributed by atoms with Crippen molar-refractivity contribution in [2.75, 3.05) is 31.4 Å². The van der Waals surface area contributed by atoms with Gasteiger partial charge < -0.3 is 10.2 Å². The molecule has 0 amide bonds. The fourth-order valence-electron chi connectivity index (χ4n) is 1.33. The molecule has 0 aliphatic heterocycles. The Morgan fingerprint density at radius 2 is 2.07 bits per heavy atom. The molecule has 0 bridgehead atoms. The second kappa shape index (κ2) is 3.44. The molecule has 1 aromatic heterocycles. The Morgan fingerprint density at radius 3 is 2.57 bits per heavy atom. The van der Waals surface area contributed by atoms with Crippen molar-refractivity contribution in [3.8, 4) is 0 Å². The smallest absolute Gasteiger partial charge is 0.136 e. The van der Waals surface area contributed by atoms with Crippen molar-refractivity contribution < 1.29 is 0 Å². The summed E-state index contributed by atoms with van der Waals surface area (Å²) in [5.74, 6) is 3.47. The lowest BCUT2D eigenvalue weighted by Gasteiger charge is -2.13. The largest absolute Gasteiger partial charge is 0.373 e. The van der Waals surface area contributed by atoms with E-state index in [4.69, 9.17) is 0 Å². The Hall–Kier alpha value is -1.32. The topological polar surface area (TPSA) is 41.0 Å². The number of anilines is 2. The minimum absolute atomic E-state index is 0.599. The van der Waals surface area contributed by atoms with Gasteiger partial charge in [-0.2, -0.15) is 0 Å². The van der Waals surface area contributed by atoms with Crippen LogP contribution in [0.4, 0.5) is 11.6 Å². The van der Waals surface area contributed by atoms with E-state index in [1.807, 2.05) is 32.1 Å². The highest BCUT2D eigenvalue weighted by molar-refractivity contribution is 5.48. The summed E-state index contributed by atoms with van der Waals surface area (Å²) in [5.41, 5.74) is 0. The Labute approximate surface area is 84.4 Å². The van der Waals surface area contributed by atoms with Crippen LogP contribution < -0.4 is 10.2 Å². The van der Waals surface area contributed by atoms with Gasteiger partial charge >= 0.3 is 0 Å². The molecular formula is C10H16N4. The zero-order valence-electron chi connectivity index (χ0n) is 8.91. The Kier molecular flexibility index (Phi) is 2.27. The second-order valence-electron chi connectivity index (χ2n) is 3.89. The van der Waals surface area contributed by atoms with E-state index in [0.717, 1.165) is 17.5 Å². The van der Waals surface area contributed by atoms with Gasteiger partial charge in [0.15, 0.2) is 0 Å². The molecule has 1 N–H and O–H groups in total. The summed E-state index contributed by atoms with van der Waals surface area (Å²) >= 11 is 0. The minimum Gasteiger partial charge on any atom is -0.373 e. The molecule has 1 aromatic rings. The summed E-state index contributed by atoms with van der Waals surface area (Å²) in [5, 5.41) is 3.07. The van der Waals surface area contributed by atoms with Gasteiger partial charge in [-0.3, -0.25) is 0 Å². The zero-order valence-corrected chi connectivity index (χ0v) is 8.91. The minimum atomic E-state index is 0.599. The third kappa shape index (κ3) is 1.78. The van der Waals surface area contributed by atoms with Crippen LogP contribution in [0, 0.1) is 0 Å². The van der Waals surface area contributed by atoms with Crippen molar-refractivity contribution in [2.45, 2.75) is 18.8 Å². The molecule has 14 heavy (non-hydrogen) atoms. The van der Waals surface area contributed by atoms with E-state index >= 15 is 0 Å². The Balaban J connectivity index is 2.35.